The number of ether oxygens (including phenoxy) is 1. The quantitative estimate of drug-likeness (QED) is 0.417. The average Bonchev–Trinajstić information content (AvgIpc) is 2.95. The number of halogens is 1. The molecule has 8 heteroatoms. The van der Waals surface area contributed by atoms with Crippen molar-refractivity contribution in [3.05, 3.63) is 0 Å². The Bertz CT molecular complexity index is 547. The first-order chi connectivity index (χ1) is 12.9. The second-order valence-electron chi connectivity index (χ2n) is 8.96. The maximum atomic E-state index is 12.3. The predicted molar refractivity (Wildman–Crippen MR) is 108 cm³/mol. The van der Waals surface area contributed by atoms with Gasteiger partial charge in [0, 0.05) is 19.6 Å². The molecule has 2 N–H and O–H groups in total. The summed E-state index contributed by atoms with van der Waals surface area (Å²) in [6, 6.07) is 0. The van der Waals surface area contributed by atoms with Gasteiger partial charge in [-0.15, -0.1) is 11.6 Å². The van der Waals surface area contributed by atoms with E-state index in [0.29, 0.717) is 19.4 Å². The van der Waals surface area contributed by atoms with Crippen LogP contribution in [0, 0.1) is 17.8 Å². The number of aliphatic hydroxyl groups excluding tert-OH is 1. The minimum absolute atomic E-state index is 0.0372. The first-order valence-corrected chi connectivity index (χ1v) is 10.5. The van der Waals surface area contributed by atoms with Crippen LogP contribution in [-0.4, -0.2) is 65.0 Å². The fraction of sp³-hybridized carbons (Fsp3) is 0.850. The fourth-order valence-electron chi connectivity index (χ4n) is 3.40. The SMILES string of the molecule is CC(C)C[C@H](CC(=O)OC(C)(C)C)C(O)CN(C[C@@H]1CCNC1=O)C(=O)CCl. The van der Waals surface area contributed by atoms with E-state index in [9.17, 15) is 19.5 Å². The van der Waals surface area contributed by atoms with Crippen molar-refractivity contribution in [1.82, 2.24) is 10.2 Å². The van der Waals surface area contributed by atoms with Crippen LogP contribution in [0.1, 0.15) is 53.9 Å². The number of carbonyl (C=O) groups is 3. The van der Waals surface area contributed by atoms with Gasteiger partial charge in [0.1, 0.15) is 11.5 Å². The van der Waals surface area contributed by atoms with Gasteiger partial charge in [0.05, 0.1) is 18.4 Å². The highest BCUT2D eigenvalue weighted by atomic mass is 35.5. The molecule has 0 aromatic heterocycles. The Hall–Kier alpha value is -1.34. The van der Waals surface area contributed by atoms with Gasteiger partial charge in [-0.05, 0) is 45.4 Å². The third-order valence-electron chi connectivity index (χ3n) is 4.65. The second kappa shape index (κ2) is 11.0. The van der Waals surface area contributed by atoms with Gasteiger partial charge in [0.2, 0.25) is 11.8 Å². The zero-order valence-corrected chi connectivity index (χ0v) is 18.4. The van der Waals surface area contributed by atoms with Crippen molar-refractivity contribution in [3.63, 3.8) is 0 Å². The van der Waals surface area contributed by atoms with Gasteiger partial charge in [-0.1, -0.05) is 13.8 Å². The van der Waals surface area contributed by atoms with Crippen molar-refractivity contribution in [2.45, 2.75) is 65.6 Å². The Morgan fingerprint density at radius 1 is 1.36 bits per heavy atom. The molecule has 0 spiro atoms. The van der Waals surface area contributed by atoms with Gasteiger partial charge in [0.25, 0.3) is 0 Å². The van der Waals surface area contributed by atoms with Gasteiger partial charge in [-0.2, -0.15) is 0 Å². The molecule has 0 aromatic carbocycles. The van der Waals surface area contributed by atoms with Gasteiger partial charge < -0.3 is 20.1 Å². The number of amides is 2. The molecule has 2 amide bonds. The van der Waals surface area contributed by atoms with Crippen molar-refractivity contribution in [2.24, 2.45) is 17.8 Å². The van der Waals surface area contributed by atoms with Crippen LogP contribution in [-0.2, 0) is 19.1 Å². The van der Waals surface area contributed by atoms with Crippen LogP contribution < -0.4 is 5.32 Å². The maximum absolute atomic E-state index is 12.3. The third-order valence-corrected chi connectivity index (χ3v) is 4.87. The van der Waals surface area contributed by atoms with E-state index in [0.717, 1.165) is 0 Å². The summed E-state index contributed by atoms with van der Waals surface area (Å²) in [7, 11) is 0. The van der Waals surface area contributed by atoms with Crippen LogP contribution in [0.4, 0.5) is 0 Å². The van der Waals surface area contributed by atoms with Crippen molar-refractivity contribution in [3.8, 4) is 0 Å². The molecule has 1 aliphatic rings. The fourth-order valence-corrected chi connectivity index (χ4v) is 3.57. The van der Waals surface area contributed by atoms with Crippen LogP contribution in [0.2, 0.25) is 0 Å². The molecular weight excluding hydrogens is 384 g/mol. The molecule has 7 nitrogen and oxygen atoms in total. The monoisotopic (exact) mass is 418 g/mol. The summed E-state index contributed by atoms with van der Waals surface area (Å²) in [5, 5.41) is 13.6. The molecule has 28 heavy (non-hydrogen) atoms. The standard InChI is InChI=1S/C20H35ClN2O5/c1-13(2)8-15(9-18(26)28-20(3,4)5)16(24)12-23(17(25)10-21)11-14-6-7-22-19(14)27/h13-16,24H,6-12H2,1-5H3,(H,22,27)/t14-,15+,16?/m0/s1. The number of hydrogen-bond donors (Lipinski definition) is 2. The predicted octanol–water partition coefficient (Wildman–Crippen LogP) is 1.94. The first-order valence-electron chi connectivity index (χ1n) is 9.94. The number of rotatable bonds is 10. The number of nitrogens with zero attached hydrogens (tertiary/aromatic N) is 1. The van der Waals surface area contributed by atoms with Gasteiger partial charge in [-0.3, -0.25) is 14.4 Å². The molecule has 1 saturated heterocycles. The van der Waals surface area contributed by atoms with E-state index in [1.807, 2.05) is 13.8 Å². The number of aliphatic hydroxyl groups is 1. The van der Waals surface area contributed by atoms with Crippen molar-refractivity contribution >= 4 is 29.4 Å². The van der Waals surface area contributed by atoms with Gasteiger partial charge in [-0.25, -0.2) is 0 Å². The molecule has 1 unspecified atom stereocenters. The van der Waals surface area contributed by atoms with E-state index < -0.39 is 11.7 Å². The maximum Gasteiger partial charge on any atom is 0.306 e. The van der Waals surface area contributed by atoms with Gasteiger partial charge in [0.15, 0.2) is 0 Å². The lowest BCUT2D eigenvalue weighted by Crippen LogP contribution is -2.45. The summed E-state index contributed by atoms with van der Waals surface area (Å²) in [6.07, 6.45) is 0.428. The summed E-state index contributed by atoms with van der Waals surface area (Å²) in [5.74, 6) is -1.40. The van der Waals surface area contributed by atoms with Crippen LogP contribution in [0.3, 0.4) is 0 Å². The highest BCUT2D eigenvalue weighted by Crippen LogP contribution is 2.23. The van der Waals surface area contributed by atoms with Crippen molar-refractivity contribution < 1.29 is 24.2 Å². The summed E-state index contributed by atoms with van der Waals surface area (Å²) in [6.45, 7) is 10.3. The Morgan fingerprint density at radius 2 is 2.00 bits per heavy atom. The molecule has 0 aromatic rings. The molecule has 3 atom stereocenters. The van der Waals surface area contributed by atoms with E-state index in [4.69, 9.17) is 16.3 Å². The molecule has 1 rings (SSSR count). The molecule has 0 bridgehead atoms. The zero-order chi connectivity index (χ0) is 21.5. The Balaban J connectivity index is 2.82. The number of esters is 1. The minimum atomic E-state index is -0.911. The lowest BCUT2D eigenvalue weighted by molar-refractivity contribution is -0.157. The number of hydrogen-bond acceptors (Lipinski definition) is 5. The topological polar surface area (TPSA) is 95.9 Å². The van der Waals surface area contributed by atoms with E-state index in [2.05, 4.69) is 5.32 Å². The number of carbonyl (C=O) groups excluding carboxylic acids is 3. The molecule has 1 fully saturated rings. The van der Waals surface area contributed by atoms with Gasteiger partial charge >= 0.3 is 5.97 Å². The number of alkyl halides is 1. The third kappa shape index (κ3) is 8.78. The van der Waals surface area contributed by atoms with Crippen LogP contribution in [0.15, 0.2) is 0 Å². The second-order valence-corrected chi connectivity index (χ2v) is 9.22. The summed E-state index contributed by atoms with van der Waals surface area (Å²) >= 11 is 5.73. The van der Waals surface area contributed by atoms with Crippen molar-refractivity contribution in [1.29, 1.82) is 0 Å². The normalized spacial score (nSPS) is 19.3. The van der Waals surface area contributed by atoms with Crippen LogP contribution in [0.5, 0.6) is 0 Å². The van der Waals surface area contributed by atoms with E-state index in [1.165, 1.54) is 4.90 Å². The first kappa shape index (κ1) is 24.7. The lowest BCUT2D eigenvalue weighted by atomic mass is 9.88. The highest BCUT2D eigenvalue weighted by Gasteiger charge is 2.32. The summed E-state index contributed by atoms with van der Waals surface area (Å²) in [4.78, 5) is 37.8. The minimum Gasteiger partial charge on any atom is -0.460 e. The Labute approximate surface area is 173 Å². The highest BCUT2D eigenvalue weighted by molar-refractivity contribution is 6.27. The number of nitrogens with one attached hydrogen (secondary N) is 1. The molecule has 0 aliphatic carbocycles. The largest absolute Gasteiger partial charge is 0.460 e. The van der Waals surface area contributed by atoms with E-state index in [-0.39, 0.29) is 60.9 Å². The smallest absolute Gasteiger partial charge is 0.306 e. The molecule has 1 aliphatic heterocycles. The van der Waals surface area contributed by atoms with E-state index >= 15 is 0 Å². The van der Waals surface area contributed by atoms with E-state index in [1.54, 1.807) is 20.8 Å². The lowest BCUT2D eigenvalue weighted by Gasteiger charge is -2.31. The Morgan fingerprint density at radius 3 is 2.46 bits per heavy atom. The van der Waals surface area contributed by atoms with Crippen LogP contribution >= 0.6 is 11.6 Å². The molecule has 1 heterocycles. The molecule has 0 radical (unpaired) electrons. The van der Waals surface area contributed by atoms with Crippen molar-refractivity contribution in [2.75, 3.05) is 25.5 Å². The molecular formula is C20H35ClN2O5. The molecule has 162 valence electrons. The summed E-state index contributed by atoms with van der Waals surface area (Å²) < 4.78 is 5.39. The summed E-state index contributed by atoms with van der Waals surface area (Å²) in [5.41, 5.74) is -0.596. The molecule has 0 saturated carbocycles. The Kier molecular flexibility index (Phi) is 9.70. The zero-order valence-electron chi connectivity index (χ0n) is 17.7. The average molecular weight is 419 g/mol. The van der Waals surface area contributed by atoms with Crippen LogP contribution in [0.25, 0.3) is 0 Å².